The second-order valence-corrected chi connectivity index (χ2v) is 11.8. The van der Waals surface area contributed by atoms with E-state index in [1.807, 2.05) is 121 Å². The van der Waals surface area contributed by atoms with Crippen LogP contribution in [0.4, 0.5) is 0 Å². The molecule has 0 saturated heterocycles. The molecular formula is C50H35NO5. The second-order valence-electron chi connectivity index (χ2n) is 11.8. The van der Waals surface area contributed by atoms with Gasteiger partial charge in [0.15, 0.2) is 0 Å². The summed E-state index contributed by atoms with van der Waals surface area (Å²) in [5, 5.41) is 0. The first-order chi connectivity index (χ1) is 27.5. The minimum absolute atomic E-state index is 0.398. The van der Waals surface area contributed by atoms with Crippen LogP contribution in [0.1, 0.15) is 55.9 Å². The molecule has 0 radical (unpaired) electrons. The molecule has 0 aliphatic carbocycles. The highest BCUT2D eigenvalue weighted by atomic mass is 16.5. The molecule has 6 nitrogen and oxygen atoms in total. The van der Waals surface area contributed by atoms with E-state index in [0.717, 1.165) is 56.6 Å². The van der Waals surface area contributed by atoms with Gasteiger partial charge in [-0.15, -0.1) is 0 Å². The topological polar surface area (TPSA) is 59.0 Å². The van der Waals surface area contributed by atoms with E-state index >= 15 is 0 Å². The summed E-state index contributed by atoms with van der Waals surface area (Å²) in [6.07, 6.45) is 0. The van der Waals surface area contributed by atoms with Crippen molar-refractivity contribution >= 4 is 0 Å². The molecule has 0 saturated carbocycles. The molecule has 1 aromatic heterocycles. The molecular weight excluding hydrogens is 695 g/mol. The van der Waals surface area contributed by atoms with Crippen molar-refractivity contribution in [1.29, 1.82) is 0 Å². The van der Waals surface area contributed by atoms with Gasteiger partial charge in [-0.05, 0) is 133 Å². The molecule has 6 aromatic rings. The molecule has 0 aliphatic rings. The number of hydrogen-bond acceptors (Lipinski definition) is 6. The Hall–Kier alpha value is -7.95. The standard InChI is InChI=1S/C50H35NO5/c1-52-41-21-6-36(7-22-41)16-31-46-47(32-17-37-8-23-42(53-2)24-9-37)49(34-19-39-12-27-44(55-4)28-13-39)51-50(35-20-40-14-29-45(56-5)30-15-40)48(46)33-18-38-10-25-43(54-3)26-11-38/h6-15,21-30H,1-5H3. The molecule has 0 aliphatic heterocycles. The fourth-order valence-electron chi connectivity index (χ4n) is 5.17. The van der Waals surface area contributed by atoms with Gasteiger partial charge >= 0.3 is 0 Å². The number of pyridine rings is 1. The lowest BCUT2D eigenvalue weighted by Gasteiger charge is -2.08. The highest BCUT2D eigenvalue weighted by Gasteiger charge is 2.16. The maximum absolute atomic E-state index is 5.38. The molecule has 6 heteroatoms. The zero-order valence-corrected chi connectivity index (χ0v) is 31.5. The Morgan fingerprint density at radius 3 is 0.714 bits per heavy atom. The quantitative estimate of drug-likeness (QED) is 0.167. The summed E-state index contributed by atoms with van der Waals surface area (Å²) in [4.78, 5) is 5.06. The van der Waals surface area contributed by atoms with E-state index < -0.39 is 0 Å². The Balaban J connectivity index is 1.65. The molecule has 56 heavy (non-hydrogen) atoms. The first-order valence-electron chi connectivity index (χ1n) is 17.4. The van der Waals surface area contributed by atoms with Crippen LogP contribution in [-0.2, 0) is 0 Å². The number of nitrogens with zero attached hydrogens (tertiary/aromatic N) is 1. The van der Waals surface area contributed by atoms with E-state index in [2.05, 4.69) is 59.2 Å². The lowest BCUT2D eigenvalue weighted by atomic mass is 9.97. The number of hydrogen-bond donors (Lipinski definition) is 0. The van der Waals surface area contributed by atoms with Gasteiger partial charge in [0.1, 0.15) is 40.1 Å². The molecule has 0 spiro atoms. The maximum Gasteiger partial charge on any atom is 0.132 e. The molecule has 0 amide bonds. The summed E-state index contributed by atoms with van der Waals surface area (Å²) in [6.45, 7) is 0. The lowest BCUT2D eigenvalue weighted by molar-refractivity contribution is 0.414. The number of aromatic nitrogens is 1. The first-order valence-corrected chi connectivity index (χ1v) is 17.4. The third kappa shape index (κ3) is 9.92. The van der Waals surface area contributed by atoms with Crippen LogP contribution in [0.5, 0.6) is 28.7 Å². The van der Waals surface area contributed by atoms with Crippen molar-refractivity contribution in [2.45, 2.75) is 0 Å². The van der Waals surface area contributed by atoms with Gasteiger partial charge in [-0.3, -0.25) is 0 Å². The Morgan fingerprint density at radius 2 is 0.482 bits per heavy atom. The Labute approximate surface area is 328 Å². The number of ether oxygens (including phenoxy) is 5. The monoisotopic (exact) mass is 729 g/mol. The van der Waals surface area contributed by atoms with Crippen molar-refractivity contribution in [2.75, 3.05) is 35.5 Å². The van der Waals surface area contributed by atoms with E-state index in [1.165, 1.54) is 0 Å². The van der Waals surface area contributed by atoms with Crippen molar-refractivity contribution in [1.82, 2.24) is 4.98 Å². The number of methoxy groups -OCH3 is 5. The largest absolute Gasteiger partial charge is 0.497 e. The van der Waals surface area contributed by atoms with Gasteiger partial charge in [-0.2, -0.15) is 0 Å². The Morgan fingerprint density at radius 1 is 0.268 bits per heavy atom. The predicted molar refractivity (Wildman–Crippen MR) is 219 cm³/mol. The second kappa shape index (κ2) is 18.7. The van der Waals surface area contributed by atoms with Crippen molar-refractivity contribution in [3.8, 4) is 88.0 Å². The van der Waals surface area contributed by atoms with Gasteiger partial charge in [-0.25, -0.2) is 4.98 Å². The Kier molecular flexibility index (Phi) is 12.6. The predicted octanol–water partition coefficient (Wildman–Crippen LogP) is 8.12. The smallest absolute Gasteiger partial charge is 0.132 e. The van der Waals surface area contributed by atoms with Crippen LogP contribution in [0, 0.1) is 59.2 Å². The fraction of sp³-hybridized carbons (Fsp3) is 0.100. The SMILES string of the molecule is COc1ccc(C#Cc2nc(C#Cc3ccc(OC)cc3)c(C#Cc3ccc(OC)cc3)c(C#Cc3ccc(OC)cc3)c2C#Cc2ccc(OC)cc2)cc1. The zero-order chi connectivity index (χ0) is 39.1. The summed E-state index contributed by atoms with van der Waals surface area (Å²) in [7, 11) is 8.13. The molecule has 1 heterocycles. The van der Waals surface area contributed by atoms with Crippen molar-refractivity contribution in [3.05, 3.63) is 177 Å². The maximum atomic E-state index is 5.38. The summed E-state index contributed by atoms with van der Waals surface area (Å²) >= 11 is 0. The van der Waals surface area contributed by atoms with E-state index in [9.17, 15) is 0 Å². The highest BCUT2D eigenvalue weighted by molar-refractivity contribution is 5.70. The molecule has 5 aromatic carbocycles. The molecule has 0 unspecified atom stereocenters. The molecule has 6 rings (SSSR count). The van der Waals surface area contributed by atoms with Gasteiger partial charge in [0, 0.05) is 27.8 Å². The lowest BCUT2D eigenvalue weighted by Crippen LogP contribution is -2.04. The van der Waals surface area contributed by atoms with E-state index in [-0.39, 0.29) is 0 Å². The number of rotatable bonds is 5. The summed E-state index contributed by atoms with van der Waals surface area (Å²) in [6, 6.07) is 37.5. The van der Waals surface area contributed by atoms with Crippen LogP contribution in [0.2, 0.25) is 0 Å². The van der Waals surface area contributed by atoms with Gasteiger partial charge in [0.05, 0.1) is 52.2 Å². The van der Waals surface area contributed by atoms with Gasteiger partial charge < -0.3 is 23.7 Å². The zero-order valence-electron chi connectivity index (χ0n) is 31.5. The van der Waals surface area contributed by atoms with Gasteiger partial charge in [0.25, 0.3) is 0 Å². The minimum Gasteiger partial charge on any atom is -0.497 e. The van der Waals surface area contributed by atoms with Crippen molar-refractivity contribution in [3.63, 3.8) is 0 Å². The van der Waals surface area contributed by atoms with Crippen molar-refractivity contribution in [2.24, 2.45) is 0 Å². The highest BCUT2D eigenvalue weighted by Crippen LogP contribution is 2.22. The average Bonchev–Trinajstić information content (AvgIpc) is 3.26. The summed E-state index contributed by atoms with van der Waals surface area (Å²) in [5.41, 5.74) is 6.19. The Bertz CT molecular complexity index is 2490. The van der Waals surface area contributed by atoms with Gasteiger partial charge in [-0.1, -0.05) is 47.4 Å². The van der Waals surface area contributed by atoms with Crippen LogP contribution in [0.3, 0.4) is 0 Å². The van der Waals surface area contributed by atoms with Crippen LogP contribution >= 0.6 is 0 Å². The first kappa shape index (κ1) is 37.8. The van der Waals surface area contributed by atoms with E-state index in [4.69, 9.17) is 28.7 Å². The van der Waals surface area contributed by atoms with E-state index in [1.54, 1.807) is 35.5 Å². The van der Waals surface area contributed by atoms with Gasteiger partial charge in [0.2, 0.25) is 0 Å². The van der Waals surface area contributed by atoms with Crippen LogP contribution < -0.4 is 23.7 Å². The van der Waals surface area contributed by atoms with Crippen molar-refractivity contribution < 1.29 is 23.7 Å². The third-order valence-electron chi connectivity index (χ3n) is 8.29. The normalized spacial score (nSPS) is 9.52. The molecule has 0 bridgehead atoms. The van der Waals surface area contributed by atoms with Crippen LogP contribution in [0.25, 0.3) is 0 Å². The molecule has 0 fully saturated rings. The summed E-state index contributed by atoms with van der Waals surface area (Å²) < 4.78 is 26.8. The van der Waals surface area contributed by atoms with Crippen LogP contribution in [0.15, 0.2) is 121 Å². The minimum atomic E-state index is 0.398. The van der Waals surface area contributed by atoms with E-state index in [0.29, 0.717) is 28.1 Å². The molecule has 270 valence electrons. The average molecular weight is 730 g/mol. The molecule has 0 N–H and O–H groups in total. The molecule has 0 atom stereocenters. The van der Waals surface area contributed by atoms with Crippen LogP contribution in [-0.4, -0.2) is 40.5 Å². The fourth-order valence-corrected chi connectivity index (χ4v) is 5.17. The summed E-state index contributed by atoms with van der Waals surface area (Å²) in [5.74, 6) is 36.8. The number of benzene rings is 5. The third-order valence-corrected chi connectivity index (χ3v) is 8.29.